The Morgan fingerprint density at radius 2 is 2.35 bits per heavy atom. The van der Waals surface area contributed by atoms with Crippen LogP contribution in [0.5, 0.6) is 5.75 Å². The monoisotopic (exact) mass is 275 g/mol. The van der Waals surface area contributed by atoms with E-state index in [1.807, 2.05) is 31.2 Å². The van der Waals surface area contributed by atoms with E-state index in [9.17, 15) is 4.79 Å². The minimum absolute atomic E-state index is 0.105. The molecule has 0 saturated carbocycles. The first kappa shape index (κ1) is 14.6. The Balaban J connectivity index is 1.86. The summed E-state index contributed by atoms with van der Waals surface area (Å²) in [5.74, 6) is 0.685. The number of rotatable bonds is 6. The number of para-hydroxylation sites is 1. The fourth-order valence-electron chi connectivity index (χ4n) is 2.15. The lowest BCUT2D eigenvalue weighted by atomic mass is 10.2. The third-order valence-corrected chi connectivity index (χ3v) is 3.16. The number of carbonyl (C=O) groups excluding carboxylic acids is 1. The minimum Gasteiger partial charge on any atom is -0.493 e. The van der Waals surface area contributed by atoms with E-state index in [2.05, 4.69) is 5.32 Å². The van der Waals surface area contributed by atoms with Crippen LogP contribution < -0.4 is 10.1 Å². The van der Waals surface area contributed by atoms with Crippen molar-refractivity contribution in [3.8, 4) is 5.75 Å². The summed E-state index contributed by atoms with van der Waals surface area (Å²) in [6, 6.07) is 7.66. The molecule has 1 aliphatic heterocycles. The molecule has 1 amide bonds. The summed E-state index contributed by atoms with van der Waals surface area (Å²) in [6.45, 7) is 3.93. The maximum atomic E-state index is 11.7. The molecule has 4 heteroatoms. The Bertz CT molecular complexity index is 465. The van der Waals surface area contributed by atoms with Gasteiger partial charge in [-0.15, -0.1) is 0 Å². The van der Waals surface area contributed by atoms with E-state index in [-0.39, 0.29) is 12.0 Å². The van der Waals surface area contributed by atoms with Gasteiger partial charge in [0.25, 0.3) is 0 Å². The molecule has 1 aromatic rings. The first-order valence-corrected chi connectivity index (χ1v) is 7.09. The van der Waals surface area contributed by atoms with Crippen molar-refractivity contribution in [1.82, 2.24) is 5.32 Å². The zero-order chi connectivity index (χ0) is 14.2. The van der Waals surface area contributed by atoms with Crippen LogP contribution in [-0.4, -0.2) is 31.8 Å². The summed E-state index contributed by atoms with van der Waals surface area (Å²) in [4.78, 5) is 11.7. The molecule has 1 fully saturated rings. The van der Waals surface area contributed by atoms with Gasteiger partial charge in [0.1, 0.15) is 5.75 Å². The lowest BCUT2D eigenvalue weighted by Gasteiger charge is -2.09. The third-order valence-electron chi connectivity index (χ3n) is 3.16. The Hall–Kier alpha value is -1.81. The normalized spacial score (nSPS) is 18.4. The van der Waals surface area contributed by atoms with Gasteiger partial charge >= 0.3 is 0 Å². The van der Waals surface area contributed by atoms with E-state index in [1.54, 1.807) is 6.08 Å². The predicted octanol–water partition coefficient (Wildman–Crippen LogP) is 2.39. The van der Waals surface area contributed by atoms with Gasteiger partial charge in [-0.2, -0.15) is 0 Å². The Labute approximate surface area is 119 Å². The van der Waals surface area contributed by atoms with Crippen molar-refractivity contribution in [3.05, 3.63) is 35.9 Å². The van der Waals surface area contributed by atoms with Crippen LogP contribution in [0.3, 0.4) is 0 Å². The van der Waals surface area contributed by atoms with Crippen molar-refractivity contribution in [3.63, 3.8) is 0 Å². The molecule has 1 atom stereocenters. The van der Waals surface area contributed by atoms with Crippen molar-refractivity contribution in [1.29, 1.82) is 0 Å². The van der Waals surface area contributed by atoms with Crippen LogP contribution >= 0.6 is 0 Å². The first-order chi connectivity index (χ1) is 9.79. The highest BCUT2D eigenvalue weighted by atomic mass is 16.5. The number of hydrogen-bond donors (Lipinski definition) is 1. The molecule has 1 aromatic carbocycles. The van der Waals surface area contributed by atoms with Gasteiger partial charge < -0.3 is 14.8 Å². The number of benzene rings is 1. The standard InChI is InChI=1S/C16H21NO3/c1-2-19-15-8-4-3-6-13(15)9-10-16(18)17-12-14-7-5-11-20-14/h3-4,6,8-10,14H,2,5,7,11-12H2,1H3,(H,17,18)/b10-9+. The molecular formula is C16H21NO3. The maximum absolute atomic E-state index is 11.7. The number of hydrogen-bond acceptors (Lipinski definition) is 3. The Kier molecular flexibility index (Phi) is 5.62. The first-order valence-electron chi connectivity index (χ1n) is 7.09. The summed E-state index contributed by atoms with van der Waals surface area (Å²) >= 11 is 0. The van der Waals surface area contributed by atoms with Crippen LogP contribution in [-0.2, 0) is 9.53 Å². The van der Waals surface area contributed by atoms with Gasteiger partial charge in [0.2, 0.25) is 5.91 Å². The number of nitrogens with one attached hydrogen (secondary N) is 1. The van der Waals surface area contributed by atoms with E-state index >= 15 is 0 Å². The highest BCUT2D eigenvalue weighted by molar-refractivity contribution is 5.92. The van der Waals surface area contributed by atoms with Crippen molar-refractivity contribution in [2.75, 3.05) is 19.8 Å². The van der Waals surface area contributed by atoms with Crippen molar-refractivity contribution < 1.29 is 14.3 Å². The highest BCUT2D eigenvalue weighted by Gasteiger charge is 2.15. The molecule has 1 unspecified atom stereocenters. The van der Waals surface area contributed by atoms with Gasteiger partial charge in [0.15, 0.2) is 0 Å². The van der Waals surface area contributed by atoms with Crippen LogP contribution in [0.2, 0.25) is 0 Å². The second-order valence-corrected chi connectivity index (χ2v) is 4.68. The van der Waals surface area contributed by atoms with Crippen molar-refractivity contribution in [2.45, 2.75) is 25.9 Å². The molecular weight excluding hydrogens is 254 g/mol. The third kappa shape index (κ3) is 4.38. The molecule has 2 rings (SSSR count). The van der Waals surface area contributed by atoms with Crippen LogP contribution in [0, 0.1) is 0 Å². The Morgan fingerprint density at radius 3 is 3.10 bits per heavy atom. The van der Waals surface area contributed by atoms with Gasteiger partial charge in [0.05, 0.1) is 12.7 Å². The van der Waals surface area contributed by atoms with E-state index in [0.717, 1.165) is 30.8 Å². The average molecular weight is 275 g/mol. The largest absolute Gasteiger partial charge is 0.493 e. The highest BCUT2D eigenvalue weighted by Crippen LogP contribution is 2.19. The van der Waals surface area contributed by atoms with Gasteiger partial charge in [-0.3, -0.25) is 4.79 Å². The summed E-state index contributed by atoms with van der Waals surface area (Å²) in [7, 11) is 0. The van der Waals surface area contributed by atoms with E-state index in [0.29, 0.717) is 13.2 Å². The van der Waals surface area contributed by atoms with Crippen molar-refractivity contribution >= 4 is 12.0 Å². The molecule has 0 aromatic heterocycles. The molecule has 4 nitrogen and oxygen atoms in total. The number of ether oxygens (including phenoxy) is 2. The average Bonchev–Trinajstić information content (AvgIpc) is 2.98. The molecule has 108 valence electrons. The maximum Gasteiger partial charge on any atom is 0.244 e. The van der Waals surface area contributed by atoms with Gasteiger partial charge in [-0.25, -0.2) is 0 Å². The number of amides is 1. The SMILES string of the molecule is CCOc1ccccc1/C=C/C(=O)NCC1CCCO1. The minimum atomic E-state index is -0.105. The second kappa shape index (κ2) is 7.70. The molecule has 0 aliphatic carbocycles. The van der Waals surface area contributed by atoms with Crippen LogP contribution in [0.25, 0.3) is 6.08 Å². The lowest BCUT2D eigenvalue weighted by molar-refractivity contribution is -0.116. The van der Waals surface area contributed by atoms with Crippen LogP contribution in [0.15, 0.2) is 30.3 Å². The summed E-state index contributed by atoms with van der Waals surface area (Å²) in [6.07, 6.45) is 5.58. The molecule has 20 heavy (non-hydrogen) atoms. The van der Waals surface area contributed by atoms with Gasteiger partial charge in [-0.05, 0) is 31.9 Å². The second-order valence-electron chi connectivity index (χ2n) is 4.68. The van der Waals surface area contributed by atoms with Crippen molar-refractivity contribution in [2.24, 2.45) is 0 Å². The van der Waals surface area contributed by atoms with Crippen LogP contribution in [0.1, 0.15) is 25.3 Å². The predicted molar refractivity (Wildman–Crippen MR) is 78.6 cm³/mol. The number of carbonyl (C=O) groups is 1. The molecule has 1 heterocycles. The molecule has 1 saturated heterocycles. The summed E-state index contributed by atoms with van der Waals surface area (Å²) in [5.41, 5.74) is 0.904. The van der Waals surface area contributed by atoms with Gasteiger partial charge in [0, 0.05) is 24.8 Å². The summed E-state index contributed by atoms with van der Waals surface area (Å²) < 4.78 is 11.0. The molecule has 1 aliphatic rings. The fourth-order valence-corrected chi connectivity index (χ4v) is 2.15. The Morgan fingerprint density at radius 1 is 1.50 bits per heavy atom. The molecule has 0 bridgehead atoms. The fraction of sp³-hybridized carbons (Fsp3) is 0.438. The quantitative estimate of drug-likeness (QED) is 0.811. The molecule has 0 radical (unpaired) electrons. The van der Waals surface area contributed by atoms with Crippen LogP contribution in [0.4, 0.5) is 0 Å². The van der Waals surface area contributed by atoms with E-state index in [1.165, 1.54) is 6.08 Å². The molecule has 1 N–H and O–H groups in total. The topological polar surface area (TPSA) is 47.6 Å². The lowest BCUT2D eigenvalue weighted by Crippen LogP contribution is -2.30. The smallest absolute Gasteiger partial charge is 0.244 e. The van der Waals surface area contributed by atoms with Gasteiger partial charge in [-0.1, -0.05) is 18.2 Å². The van der Waals surface area contributed by atoms with E-state index < -0.39 is 0 Å². The zero-order valence-corrected chi connectivity index (χ0v) is 11.8. The summed E-state index contributed by atoms with van der Waals surface area (Å²) in [5, 5.41) is 2.85. The molecule has 0 spiro atoms. The zero-order valence-electron chi connectivity index (χ0n) is 11.8. The van der Waals surface area contributed by atoms with E-state index in [4.69, 9.17) is 9.47 Å².